The molecule has 0 saturated carbocycles. The Kier molecular flexibility index (Phi) is 46.6. The van der Waals surface area contributed by atoms with Crippen molar-refractivity contribution in [2.75, 3.05) is 67.9 Å². The first kappa shape index (κ1) is 105. The lowest BCUT2D eigenvalue weighted by molar-refractivity contribution is -0.327. The third kappa shape index (κ3) is 30.9. The number of aliphatic hydroxyl groups excluding tert-OH is 13. The van der Waals surface area contributed by atoms with E-state index in [2.05, 4.69) is 5.32 Å². The molecule has 18 N–H and O–H groups in total. The Balaban J connectivity index is 0.000000734. The van der Waals surface area contributed by atoms with E-state index in [-0.39, 0.29) is 78.9 Å². The summed E-state index contributed by atoms with van der Waals surface area (Å²) >= 11 is 6.00. The number of amides is 1. The van der Waals surface area contributed by atoms with E-state index in [1.165, 1.54) is 54.0 Å². The molecule has 0 spiro atoms. The van der Waals surface area contributed by atoms with Crippen LogP contribution in [0.15, 0.2) is 0 Å². The van der Waals surface area contributed by atoms with Crippen LogP contribution in [0.3, 0.4) is 0 Å². The van der Waals surface area contributed by atoms with E-state index in [9.17, 15) is 115 Å². The molecule has 39 heteroatoms. The van der Waals surface area contributed by atoms with Gasteiger partial charge in [-0.25, -0.2) is 19.2 Å². The molecule has 0 radical (unpaired) electrons. The molecule has 110 heavy (non-hydrogen) atoms. The van der Waals surface area contributed by atoms with E-state index >= 15 is 0 Å². The number of hydrogen-bond donors (Lipinski definition) is 18. The zero-order valence-electron chi connectivity index (χ0n) is 65.8. The van der Waals surface area contributed by atoms with Gasteiger partial charge in [-0.1, -0.05) is 27.7 Å². The first-order valence-corrected chi connectivity index (χ1v) is 41.9. The number of aliphatic hydroxyl groups is 13. The summed E-state index contributed by atoms with van der Waals surface area (Å²) in [4.78, 5) is 109. The number of carboxylic acid groups (broad SMARTS) is 4. The number of rotatable bonds is 42. The number of Topliss-reactive ketones (excluding diaryl/α,β-unsaturated/α-hetero) is 4. The van der Waals surface area contributed by atoms with Gasteiger partial charge in [0, 0.05) is 123 Å². The van der Waals surface area contributed by atoms with Gasteiger partial charge in [0.25, 0.3) is 23.1 Å². The Labute approximate surface area is 659 Å². The van der Waals surface area contributed by atoms with Gasteiger partial charge in [-0.15, -0.1) is 0 Å². The van der Waals surface area contributed by atoms with Crippen molar-refractivity contribution in [2.24, 2.45) is 41.4 Å². The molecule has 4 rings (SSSR count). The first-order valence-electron chi connectivity index (χ1n) is 36.3. The van der Waals surface area contributed by atoms with Crippen molar-refractivity contribution in [3.8, 4) is 0 Å². The molecule has 0 aromatic rings. The SMILES string of the molecule is CSCC(C)C(=O)CC1C(O)CC(OC(C)C)(C(=O)O)OC1C(O)C(O)CO.CSCC(C)C(=O)CC1C(O)CC(OC(C)C)(C(=O)O)OC1C(O)C(O)CO.CSCC(C)C(=O)CC1C(O)CC(OC(C)C)(C(=O)O)OC1C(O)C(O)CO.CSCC(C)C(=O)CC1OC(OC(C)C)(C(=O)O)CC(O)C1NC(C)=O. The number of carbonyl (C=O) groups excluding carboxylic acids is 5. The number of aliphatic carboxylic acids is 4. The topological polar surface area (TPSA) is 583 Å². The molecule has 4 fully saturated rings. The lowest BCUT2D eigenvalue weighted by Crippen LogP contribution is -2.64. The number of carboxylic acids is 4. The van der Waals surface area contributed by atoms with Crippen LogP contribution in [0.2, 0.25) is 0 Å². The third-order valence-corrected chi connectivity index (χ3v) is 21.8. The summed E-state index contributed by atoms with van der Waals surface area (Å²) in [6.07, 6.45) is -17.6. The van der Waals surface area contributed by atoms with Crippen LogP contribution in [0, 0.1) is 41.4 Å². The van der Waals surface area contributed by atoms with Gasteiger partial charge in [-0.2, -0.15) is 47.0 Å². The second-order valence-electron chi connectivity index (χ2n) is 29.4. The van der Waals surface area contributed by atoms with Gasteiger partial charge >= 0.3 is 23.9 Å². The fourth-order valence-electron chi connectivity index (χ4n) is 13.0. The highest BCUT2D eigenvalue weighted by Crippen LogP contribution is 2.43. The average molecular weight is 1670 g/mol. The molecule has 0 bridgehead atoms. The summed E-state index contributed by atoms with van der Waals surface area (Å²) in [6.45, 7) is 18.7. The molecule has 0 aromatic heterocycles. The Morgan fingerprint density at radius 2 is 0.600 bits per heavy atom. The minimum Gasteiger partial charge on any atom is -0.477 e. The van der Waals surface area contributed by atoms with Crippen molar-refractivity contribution in [3.05, 3.63) is 0 Å². The second-order valence-corrected chi connectivity index (χ2v) is 33.1. The van der Waals surface area contributed by atoms with Gasteiger partial charge in [0.2, 0.25) is 5.91 Å². The van der Waals surface area contributed by atoms with Crippen LogP contribution >= 0.6 is 47.0 Å². The first-order chi connectivity index (χ1) is 51.0. The summed E-state index contributed by atoms with van der Waals surface area (Å²) in [5.74, 6) is -17.4. The van der Waals surface area contributed by atoms with E-state index in [0.717, 1.165) is 0 Å². The zero-order valence-corrected chi connectivity index (χ0v) is 69.1. The number of carbonyl (C=O) groups is 9. The Hall–Kier alpha value is -3.41. The third-order valence-electron chi connectivity index (χ3n) is 18.5. The second kappa shape index (κ2) is 49.0. The van der Waals surface area contributed by atoms with Crippen LogP contribution in [-0.4, -0.2) is 347 Å². The van der Waals surface area contributed by atoms with Gasteiger partial charge < -0.3 is 130 Å². The maximum Gasteiger partial charge on any atom is 0.364 e. The van der Waals surface area contributed by atoms with Gasteiger partial charge in [0.15, 0.2) is 0 Å². The van der Waals surface area contributed by atoms with Gasteiger partial charge in [-0.05, 0) is 80.4 Å². The van der Waals surface area contributed by atoms with Crippen LogP contribution in [0.5, 0.6) is 0 Å². The number of ketones is 4. The molecule has 0 aromatic carbocycles. The highest BCUT2D eigenvalue weighted by molar-refractivity contribution is 7.99. The van der Waals surface area contributed by atoms with Crippen LogP contribution in [0.1, 0.15) is 141 Å². The Morgan fingerprint density at radius 1 is 0.382 bits per heavy atom. The smallest absolute Gasteiger partial charge is 0.364 e. The monoisotopic (exact) mass is 1660 g/mol. The lowest BCUT2D eigenvalue weighted by Gasteiger charge is -2.47. The van der Waals surface area contributed by atoms with Crippen LogP contribution in [0.25, 0.3) is 0 Å². The van der Waals surface area contributed by atoms with Crippen molar-refractivity contribution < 1.29 is 168 Å². The molecular weight excluding hydrogens is 1540 g/mol. The minimum atomic E-state index is -2.24. The van der Waals surface area contributed by atoms with E-state index in [1.54, 1.807) is 83.1 Å². The number of thioether (sulfide) groups is 4. The molecule has 4 aliphatic heterocycles. The number of ether oxygens (including phenoxy) is 8. The molecule has 642 valence electrons. The predicted octanol–water partition coefficient (Wildman–Crippen LogP) is -0.303. The fourth-order valence-corrected chi connectivity index (χ4v) is 15.7. The molecule has 1 amide bonds. The summed E-state index contributed by atoms with van der Waals surface area (Å²) in [6, 6.07) is -0.888. The van der Waals surface area contributed by atoms with E-state index in [0.29, 0.717) is 23.0 Å². The van der Waals surface area contributed by atoms with Gasteiger partial charge in [-0.3, -0.25) is 24.0 Å². The van der Waals surface area contributed by atoms with E-state index in [4.69, 9.17) is 53.2 Å². The lowest BCUT2D eigenvalue weighted by atomic mass is 9.79. The zero-order chi connectivity index (χ0) is 85.0. The predicted molar refractivity (Wildman–Crippen MR) is 402 cm³/mol. The van der Waals surface area contributed by atoms with Crippen LogP contribution in [-0.2, 0) is 81.0 Å². The fraction of sp³-hybridized carbons (Fsp3) is 0.873. The highest BCUT2D eigenvalue weighted by Gasteiger charge is 2.60. The van der Waals surface area contributed by atoms with Crippen molar-refractivity contribution in [1.82, 2.24) is 5.32 Å². The highest BCUT2D eigenvalue weighted by atomic mass is 32.2. The standard InChI is InChI=1S/3C18H32O9S.C17H29NO7S/c3*1-9(2)26-18(17(24)25)6-13(21)11(5-12(20)10(3)8-28-4)16(27-18)15(23)14(22)7-19;1-9(2)24-17(16(22)23)7-13(21)15(18-11(4)19)14(25-17)6-12(20)10(3)8-26-5/h3*9-11,13-16,19,21-23H,5-8H2,1-4H3,(H,24,25);9-10,13-15,21H,6-8H2,1-5H3,(H,18,19)(H,22,23). The molecule has 4 saturated heterocycles. The molecule has 4 aliphatic rings. The van der Waals surface area contributed by atoms with Crippen molar-refractivity contribution in [3.63, 3.8) is 0 Å². The van der Waals surface area contributed by atoms with Crippen molar-refractivity contribution in [1.29, 1.82) is 0 Å². The molecular formula is C71H125NO34S4. The summed E-state index contributed by atoms with van der Waals surface area (Å²) in [5, 5.41) is 172. The van der Waals surface area contributed by atoms with Gasteiger partial charge in [0.1, 0.15) is 59.8 Å². The van der Waals surface area contributed by atoms with E-state index < -0.39 is 226 Å². The quantitative estimate of drug-likeness (QED) is 0.0373. The van der Waals surface area contributed by atoms with Crippen LogP contribution in [0.4, 0.5) is 0 Å². The number of nitrogens with one attached hydrogen (secondary N) is 1. The molecule has 26 unspecified atom stereocenters. The largest absolute Gasteiger partial charge is 0.477 e. The molecule has 26 atom stereocenters. The molecule has 0 aliphatic carbocycles. The Morgan fingerprint density at radius 3 is 0.800 bits per heavy atom. The number of hydrogen-bond acceptors (Lipinski definition) is 34. The summed E-state index contributed by atoms with van der Waals surface area (Å²) in [7, 11) is 0. The maximum absolute atomic E-state index is 12.5. The summed E-state index contributed by atoms with van der Waals surface area (Å²) in [5.41, 5.74) is 0. The average Bonchev–Trinajstić information content (AvgIpc) is 0.787. The van der Waals surface area contributed by atoms with Crippen LogP contribution < -0.4 is 5.32 Å². The van der Waals surface area contributed by atoms with Crippen molar-refractivity contribution in [2.45, 2.75) is 280 Å². The molecule has 4 heterocycles. The molecule has 35 nitrogen and oxygen atoms in total. The minimum absolute atomic E-state index is 0.125. The maximum atomic E-state index is 12.5. The summed E-state index contributed by atoms with van der Waals surface area (Å²) < 4.78 is 44.2. The normalized spacial score (nSPS) is 31.1. The van der Waals surface area contributed by atoms with Crippen molar-refractivity contribution >= 4 is 100.0 Å². The Bertz CT molecular complexity index is 2630. The van der Waals surface area contributed by atoms with Gasteiger partial charge in [0.05, 0.1) is 99.1 Å². The van der Waals surface area contributed by atoms with E-state index in [1.807, 2.05) is 25.0 Å².